The van der Waals surface area contributed by atoms with Gasteiger partial charge in [-0.3, -0.25) is 14.4 Å². The van der Waals surface area contributed by atoms with Crippen LogP contribution in [0.2, 0.25) is 0 Å². The summed E-state index contributed by atoms with van der Waals surface area (Å²) in [4.78, 5) is 38.4. The molecule has 1 atom stereocenters. The molecule has 0 aliphatic carbocycles. The predicted octanol–water partition coefficient (Wildman–Crippen LogP) is 23.8. The van der Waals surface area contributed by atoms with E-state index in [1.54, 1.807) is 0 Å². The van der Waals surface area contributed by atoms with Gasteiger partial charge in [0.1, 0.15) is 13.2 Å². The van der Waals surface area contributed by atoms with Crippen LogP contribution in [0.1, 0.15) is 393 Å². The van der Waals surface area contributed by atoms with E-state index in [-0.39, 0.29) is 31.1 Å². The van der Waals surface area contributed by atoms with Crippen molar-refractivity contribution in [3.63, 3.8) is 0 Å². The van der Waals surface area contributed by atoms with Crippen molar-refractivity contribution in [3.8, 4) is 0 Å². The van der Waals surface area contributed by atoms with Gasteiger partial charge in [0, 0.05) is 19.3 Å². The van der Waals surface area contributed by atoms with Crippen molar-refractivity contribution in [2.45, 2.75) is 399 Å². The van der Waals surface area contributed by atoms with E-state index in [1.165, 1.54) is 276 Å². The van der Waals surface area contributed by atoms with Gasteiger partial charge in [0.25, 0.3) is 0 Å². The van der Waals surface area contributed by atoms with Gasteiger partial charge in [-0.25, -0.2) is 0 Å². The van der Waals surface area contributed by atoms with Gasteiger partial charge in [0.05, 0.1) is 0 Å². The van der Waals surface area contributed by atoms with E-state index < -0.39 is 6.10 Å². The van der Waals surface area contributed by atoms with E-state index in [9.17, 15) is 14.4 Å². The fourth-order valence-electron chi connectivity index (χ4n) is 10.7. The molecule has 0 aromatic carbocycles. The van der Waals surface area contributed by atoms with E-state index in [0.717, 1.165) is 77.0 Å². The molecule has 0 bridgehead atoms. The summed E-state index contributed by atoms with van der Waals surface area (Å²) in [7, 11) is 0. The molecule has 0 radical (unpaired) electrons. The summed E-state index contributed by atoms with van der Waals surface area (Å²) in [6.45, 7) is 6.70. The maximum Gasteiger partial charge on any atom is 0.306 e. The van der Waals surface area contributed by atoms with E-state index in [1.807, 2.05) is 0 Å². The predicted molar refractivity (Wildman–Crippen MR) is 335 cm³/mol. The number of hydrogen-bond donors (Lipinski definition) is 0. The number of hydrogen-bond acceptors (Lipinski definition) is 6. The number of carbonyl (C=O) groups is 3. The SMILES string of the molecule is CCCCCC/C=C\C/C=C\CCCCCCCC(=O)OCC(COC(=O)CCCCCCCCCCCCCCCCCCCCCCCC)OC(=O)CCCCCCCCCCCCCCCCCCCCCCC. The summed E-state index contributed by atoms with van der Waals surface area (Å²) in [5.74, 6) is -0.850. The fourth-order valence-corrected chi connectivity index (χ4v) is 10.7. The molecular formula is C71H134O6. The Balaban J connectivity index is 4.29. The Morgan fingerprint density at radius 3 is 0.727 bits per heavy atom. The van der Waals surface area contributed by atoms with Crippen molar-refractivity contribution in [2.75, 3.05) is 13.2 Å². The molecule has 0 aromatic rings. The maximum absolute atomic E-state index is 13.0. The van der Waals surface area contributed by atoms with Gasteiger partial charge in [-0.15, -0.1) is 0 Å². The summed E-state index contributed by atoms with van der Waals surface area (Å²) in [6, 6.07) is 0. The zero-order chi connectivity index (χ0) is 55.7. The summed E-state index contributed by atoms with van der Waals surface area (Å²) < 4.78 is 17.0. The topological polar surface area (TPSA) is 78.9 Å². The minimum Gasteiger partial charge on any atom is -0.462 e. The molecule has 0 saturated heterocycles. The van der Waals surface area contributed by atoms with E-state index in [0.29, 0.717) is 19.3 Å². The Morgan fingerprint density at radius 2 is 0.468 bits per heavy atom. The molecule has 0 fully saturated rings. The Hall–Kier alpha value is -2.11. The highest BCUT2D eigenvalue weighted by Crippen LogP contribution is 2.19. The molecule has 6 heteroatoms. The van der Waals surface area contributed by atoms with E-state index >= 15 is 0 Å². The van der Waals surface area contributed by atoms with Crippen LogP contribution in [0.4, 0.5) is 0 Å². The van der Waals surface area contributed by atoms with Crippen molar-refractivity contribution >= 4 is 17.9 Å². The lowest BCUT2D eigenvalue weighted by Gasteiger charge is -2.18. The van der Waals surface area contributed by atoms with Crippen LogP contribution in [-0.4, -0.2) is 37.2 Å². The normalized spacial score (nSPS) is 12.1. The molecule has 0 amide bonds. The van der Waals surface area contributed by atoms with Gasteiger partial charge in [0.15, 0.2) is 6.10 Å². The molecule has 0 rings (SSSR count). The fraction of sp³-hybridized carbons (Fsp3) is 0.901. The van der Waals surface area contributed by atoms with Crippen LogP contribution in [0.5, 0.6) is 0 Å². The molecule has 1 unspecified atom stereocenters. The molecule has 0 heterocycles. The van der Waals surface area contributed by atoms with Crippen LogP contribution in [0.3, 0.4) is 0 Å². The number of carbonyl (C=O) groups excluding carboxylic acids is 3. The number of ether oxygens (including phenoxy) is 3. The molecule has 6 nitrogen and oxygen atoms in total. The van der Waals surface area contributed by atoms with Crippen LogP contribution in [0, 0.1) is 0 Å². The quantitative estimate of drug-likeness (QED) is 0.0261. The zero-order valence-corrected chi connectivity index (χ0v) is 52.3. The average molecular weight is 1080 g/mol. The van der Waals surface area contributed by atoms with Crippen molar-refractivity contribution in [3.05, 3.63) is 24.3 Å². The molecule has 0 N–H and O–H groups in total. The van der Waals surface area contributed by atoms with Gasteiger partial charge in [0.2, 0.25) is 0 Å². The Morgan fingerprint density at radius 1 is 0.260 bits per heavy atom. The van der Waals surface area contributed by atoms with Crippen LogP contribution in [0.25, 0.3) is 0 Å². The molecule has 0 saturated carbocycles. The third-order valence-electron chi connectivity index (χ3n) is 16.0. The standard InChI is InChI=1S/C71H134O6/c1-4-7-10-13-16-19-22-25-28-31-33-35-37-38-40-43-46-49-52-55-58-61-64-70(73)76-67-68(66-75-69(72)63-60-57-54-51-48-45-42-30-27-24-21-18-15-12-9-6-3)77-71(74)65-62-59-56-53-50-47-44-41-39-36-34-32-29-26-23-20-17-14-11-8-5-2/h21,24,30,42,68H,4-20,22-23,25-29,31-41,43-67H2,1-3H3/b24-21-,42-30-. The average Bonchev–Trinajstić information content (AvgIpc) is 3.43. The largest absolute Gasteiger partial charge is 0.462 e. The molecule has 0 aromatic heterocycles. The molecule has 0 aliphatic heterocycles. The summed E-state index contributed by atoms with van der Waals surface area (Å²) in [5, 5.41) is 0. The Labute approximate surface area is 481 Å². The van der Waals surface area contributed by atoms with Crippen LogP contribution in [0.15, 0.2) is 24.3 Å². The van der Waals surface area contributed by atoms with Crippen LogP contribution in [-0.2, 0) is 28.6 Å². The third-order valence-corrected chi connectivity index (χ3v) is 16.0. The second-order valence-corrected chi connectivity index (χ2v) is 23.8. The summed E-state index contributed by atoms with van der Waals surface area (Å²) in [5.41, 5.74) is 0. The number of esters is 3. The van der Waals surface area contributed by atoms with Gasteiger partial charge >= 0.3 is 17.9 Å². The highest BCUT2D eigenvalue weighted by molar-refractivity contribution is 5.71. The van der Waals surface area contributed by atoms with Gasteiger partial charge < -0.3 is 14.2 Å². The third kappa shape index (κ3) is 64.6. The van der Waals surface area contributed by atoms with Crippen molar-refractivity contribution in [1.29, 1.82) is 0 Å². The molecule has 77 heavy (non-hydrogen) atoms. The highest BCUT2D eigenvalue weighted by Gasteiger charge is 2.19. The summed E-state index contributed by atoms with van der Waals surface area (Å²) in [6.07, 6.45) is 80.6. The van der Waals surface area contributed by atoms with Crippen LogP contribution < -0.4 is 0 Å². The molecule has 0 spiro atoms. The Bertz CT molecular complexity index is 1240. The number of allylic oxidation sites excluding steroid dienone is 4. The van der Waals surface area contributed by atoms with Crippen molar-refractivity contribution in [2.24, 2.45) is 0 Å². The lowest BCUT2D eigenvalue weighted by atomic mass is 10.0. The maximum atomic E-state index is 13.0. The minimum atomic E-state index is -0.774. The number of rotatable bonds is 65. The molecule has 454 valence electrons. The van der Waals surface area contributed by atoms with Gasteiger partial charge in [-0.2, -0.15) is 0 Å². The summed E-state index contributed by atoms with van der Waals surface area (Å²) >= 11 is 0. The van der Waals surface area contributed by atoms with Gasteiger partial charge in [-0.1, -0.05) is 347 Å². The van der Waals surface area contributed by atoms with E-state index in [4.69, 9.17) is 14.2 Å². The zero-order valence-electron chi connectivity index (χ0n) is 52.3. The van der Waals surface area contributed by atoms with Crippen molar-refractivity contribution < 1.29 is 28.6 Å². The Kier molecular flexibility index (Phi) is 64.6. The monoisotopic (exact) mass is 1080 g/mol. The van der Waals surface area contributed by atoms with Gasteiger partial charge in [-0.05, 0) is 51.4 Å². The first-order valence-electron chi connectivity index (χ1n) is 34.8. The molecule has 0 aliphatic rings. The first kappa shape index (κ1) is 74.9. The minimum absolute atomic E-state index is 0.0692. The highest BCUT2D eigenvalue weighted by atomic mass is 16.6. The smallest absolute Gasteiger partial charge is 0.306 e. The van der Waals surface area contributed by atoms with Crippen LogP contribution >= 0.6 is 0 Å². The lowest BCUT2D eigenvalue weighted by molar-refractivity contribution is -0.167. The second-order valence-electron chi connectivity index (χ2n) is 23.8. The first-order valence-corrected chi connectivity index (χ1v) is 34.8. The van der Waals surface area contributed by atoms with E-state index in [2.05, 4.69) is 45.1 Å². The first-order chi connectivity index (χ1) is 38.0. The second kappa shape index (κ2) is 66.4. The molecular weight excluding hydrogens is 949 g/mol. The lowest BCUT2D eigenvalue weighted by Crippen LogP contribution is -2.30. The van der Waals surface area contributed by atoms with Crippen molar-refractivity contribution in [1.82, 2.24) is 0 Å². The number of unbranched alkanes of at least 4 members (excludes halogenated alkanes) is 50.